The molecule has 0 amide bonds. The van der Waals surface area contributed by atoms with E-state index in [1.165, 1.54) is 12.5 Å². The van der Waals surface area contributed by atoms with Crippen molar-refractivity contribution < 1.29 is 14.6 Å². The van der Waals surface area contributed by atoms with Crippen LogP contribution in [0.4, 0.5) is 0 Å². The number of carbonyl (C=O) groups is 1. The topological polar surface area (TPSA) is 53.0 Å². The largest absolute Gasteiger partial charge is 0.457 e. The summed E-state index contributed by atoms with van der Waals surface area (Å²) in [6.07, 6.45) is 8.16. The van der Waals surface area contributed by atoms with E-state index in [1.54, 1.807) is 0 Å². The van der Waals surface area contributed by atoms with Crippen LogP contribution >= 0.6 is 0 Å². The van der Waals surface area contributed by atoms with Crippen LogP contribution in [0.5, 0.6) is 0 Å². The highest BCUT2D eigenvalue weighted by Crippen LogP contribution is 2.50. The molecule has 0 bridgehead atoms. The molecule has 1 saturated carbocycles. The minimum absolute atomic E-state index is 0.0326. The molecule has 2 fully saturated rings. The Bertz CT molecular complexity index is 848. The van der Waals surface area contributed by atoms with Gasteiger partial charge in [0.15, 0.2) is 0 Å². The first kappa shape index (κ1) is 25.4. The predicted molar refractivity (Wildman–Crippen MR) is 135 cm³/mol. The minimum atomic E-state index is -1.03. The zero-order valence-corrected chi connectivity index (χ0v) is 21.4. The lowest BCUT2D eigenvalue weighted by molar-refractivity contribution is -0.148. The third-order valence-electron chi connectivity index (χ3n) is 8.46. The lowest BCUT2D eigenvalue weighted by Gasteiger charge is -2.53. The highest BCUT2D eigenvalue weighted by molar-refractivity contribution is 5.66. The van der Waals surface area contributed by atoms with E-state index in [-0.39, 0.29) is 17.8 Å². The third kappa shape index (κ3) is 5.75. The highest BCUT2D eigenvalue weighted by Gasteiger charge is 2.53. The molecule has 3 aliphatic rings. The second kappa shape index (κ2) is 10.9. The van der Waals surface area contributed by atoms with E-state index >= 15 is 0 Å². The molecule has 5 nitrogen and oxygen atoms in total. The van der Waals surface area contributed by atoms with E-state index in [0.29, 0.717) is 11.8 Å². The number of rotatable bonds is 7. The Balaban J connectivity index is 1.33. The van der Waals surface area contributed by atoms with Gasteiger partial charge >= 0.3 is 5.97 Å². The number of piperazine rings is 1. The predicted octanol–water partition coefficient (Wildman–Crippen LogP) is 3.85. The Morgan fingerprint density at radius 1 is 1.18 bits per heavy atom. The zero-order valence-electron chi connectivity index (χ0n) is 21.4. The number of aliphatic hydroxyl groups is 1. The van der Waals surface area contributed by atoms with Gasteiger partial charge in [-0.3, -0.25) is 4.79 Å². The van der Waals surface area contributed by atoms with Crippen LogP contribution in [0.1, 0.15) is 46.1 Å². The Morgan fingerprint density at radius 2 is 1.85 bits per heavy atom. The maximum Gasteiger partial charge on any atom is 0.303 e. The summed E-state index contributed by atoms with van der Waals surface area (Å²) >= 11 is 0. The summed E-state index contributed by atoms with van der Waals surface area (Å²) in [6, 6.07) is 10.8. The van der Waals surface area contributed by atoms with Crippen LogP contribution in [0.25, 0.3) is 0 Å². The van der Waals surface area contributed by atoms with Crippen LogP contribution in [0.15, 0.2) is 42.0 Å². The summed E-state index contributed by atoms with van der Waals surface area (Å²) in [4.78, 5) is 16.7. The summed E-state index contributed by atoms with van der Waals surface area (Å²) < 4.78 is 5.45. The smallest absolute Gasteiger partial charge is 0.303 e. The molecule has 0 aromatic heterocycles. The van der Waals surface area contributed by atoms with Crippen molar-refractivity contribution in [2.45, 2.75) is 58.7 Å². The zero-order chi connectivity index (χ0) is 24.3. The number of benzene rings is 1. The molecule has 34 heavy (non-hydrogen) atoms. The van der Waals surface area contributed by atoms with Crippen LogP contribution in [-0.4, -0.2) is 71.8 Å². The van der Waals surface area contributed by atoms with Gasteiger partial charge in [0.25, 0.3) is 0 Å². The molecule has 2 aliphatic carbocycles. The van der Waals surface area contributed by atoms with Crippen LogP contribution in [0, 0.1) is 30.1 Å². The average molecular weight is 467 g/mol. The van der Waals surface area contributed by atoms with Crippen LogP contribution < -0.4 is 0 Å². The molecule has 1 aromatic rings. The summed E-state index contributed by atoms with van der Waals surface area (Å²) in [7, 11) is 0. The number of nitrogens with zero attached hydrogens (tertiary/aromatic N) is 2. The molecule has 186 valence electrons. The van der Waals surface area contributed by atoms with Gasteiger partial charge in [0.2, 0.25) is 0 Å². The van der Waals surface area contributed by atoms with Crippen molar-refractivity contribution in [3.8, 4) is 0 Å². The van der Waals surface area contributed by atoms with Gasteiger partial charge in [-0.1, -0.05) is 50.3 Å². The Labute approximate surface area is 206 Å². The first-order valence-electron chi connectivity index (χ1n) is 13.1. The SMILES string of the molecule is CC(=O)O[C@@H]1[C][C@@]2(O)[C@H](C)CC[C@@H]([C@H](C)CN3CCN(CCc4ccccc4)CC3)[C@H]2C=C1C. The van der Waals surface area contributed by atoms with E-state index in [2.05, 4.69) is 66.5 Å². The molecule has 0 spiro atoms. The lowest BCUT2D eigenvalue weighted by atomic mass is 9.57. The van der Waals surface area contributed by atoms with Gasteiger partial charge in [-0.2, -0.15) is 0 Å². The average Bonchev–Trinajstić information content (AvgIpc) is 2.81. The molecule has 0 unspecified atom stereocenters. The van der Waals surface area contributed by atoms with E-state index in [9.17, 15) is 9.90 Å². The Hall–Kier alpha value is -1.69. The number of ether oxygens (including phenoxy) is 1. The summed E-state index contributed by atoms with van der Waals surface area (Å²) in [5, 5.41) is 11.7. The fraction of sp³-hybridized carbons (Fsp3) is 0.655. The molecule has 1 aliphatic heterocycles. The first-order valence-corrected chi connectivity index (χ1v) is 13.1. The second-order valence-corrected chi connectivity index (χ2v) is 10.9. The van der Waals surface area contributed by atoms with Gasteiger partial charge in [0.05, 0.1) is 12.0 Å². The van der Waals surface area contributed by atoms with Gasteiger partial charge in [0, 0.05) is 52.1 Å². The Kier molecular flexibility index (Phi) is 8.16. The molecular weight excluding hydrogens is 424 g/mol. The summed E-state index contributed by atoms with van der Waals surface area (Å²) in [5.74, 6) is 0.694. The summed E-state index contributed by atoms with van der Waals surface area (Å²) in [6.45, 7) is 14.5. The molecule has 2 radical (unpaired) electrons. The second-order valence-electron chi connectivity index (χ2n) is 10.9. The number of fused-ring (bicyclic) bond motifs is 1. The molecule has 5 heteroatoms. The maximum absolute atomic E-state index is 11.7. The van der Waals surface area contributed by atoms with E-state index in [1.807, 2.05) is 6.92 Å². The summed E-state index contributed by atoms with van der Waals surface area (Å²) in [5.41, 5.74) is 1.37. The Morgan fingerprint density at radius 3 is 2.53 bits per heavy atom. The van der Waals surface area contributed by atoms with Crippen molar-refractivity contribution in [2.24, 2.45) is 23.7 Å². The first-order chi connectivity index (χ1) is 16.3. The van der Waals surface area contributed by atoms with E-state index in [4.69, 9.17) is 4.74 Å². The van der Waals surface area contributed by atoms with Gasteiger partial charge in [-0.15, -0.1) is 0 Å². The molecule has 1 heterocycles. The number of hydrogen-bond acceptors (Lipinski definition) is 5. The molecule has 4 rings (SSSR count). The third-order valence-corrected chi connectivity index (χ3v) is 8.46. The highest BCUT2D eigenvalue weighted by atomic mass is 16.5. The van der Waals surface area contributed by atoms with Crippen molar-refractivity contribution in [1.29, 1.82) is 0 Å². The fourth-order valence-electron chi connectivity index (χ4n) is 6.28. The standard InChI is InChI=1S/C29H42N2O3/c1-21-18-27-26(11-10-23(3)29(27,33)19-28(21)34-24(4)32)22(2)20-31-16-14-30(15-17-31)13-12-25-8-6-5-7-9-25/h5-9,18,22-23,26-28,33H,10-17,20H2,1-4H3/t22-,23-,26+,27-,28-,29-/m1/s1. The van der Waals surface area contributed by atoms with Crippen LogP contribution in [0.3, 0.4) is 0 Å². The monoisotopic (exact) mass is 466 g/mol. The van der Waals surface area contributed by atoms with Gasteiger partial charge < -0.3 is 19.6 Å². The molecule has 1 saturated heterocycles. The molecule has 1 aromatic carbocycles. The number of esters is 1. The van der Waals surface area contributed by atoms with Crippen molar-refractivity contribution in [3.05, 3.63) is 54.0 Å². The lowest BCUT2D eigenvalue weighted by Crippen LogP contribution is -2.57. The minimum Gasteiger partial charge on any atom is -0.457 e. The van der Waals surface area contributed by atoms with Gasteiger partial charge in [-0.05, 0) is 55.1 Å². The van der Waals surface area contributed by atoms with Crippen molar-refractivity contribution in [2.75, 3.05) is 39.3 Å². The number of carbonyl (C=O) groups excluding carboxylic acids is 1. The van der Waals surface area contributed by atoms with Crippen molar-refractivity contribution in [3.63, 3.8) is 0 Å². The molecular formula is C29H42N2O3. The van der Waals surface area contributed by atoms with Gasteiger partial charge in [0.1, 0.15) is 6.10 Å². The van der Waals surface area contributed by atoms with Crippen LogP contribution in [-0.2, 0) is 16.0 Å². The normalized spacial score (nSPS) is 33.6. The molecule has 6 atom stereocenters. The van der Waals surface area contributed by atoms with E-state index in [0.717, 1.165) is 64.1 Å². The van der Waals surface area contributed by atoms with Crippen molar-refractivity contribution in [1.82, 2.24) is 9.80 Å². The van der Waals surface area contributed by atoms with Crippen LogP contribution in [0.2, 0.25) is 0 Å². The maximum atomic E-state index is 11.7. The van der Waals surface area contributed by atoms with Gasteiger partial charge in [-0.25, -0.2) is 0 Å². The number of hydrogen-bond donors (Lipinski definition) is 1. The fourth-order valence-corrected chi connectivity index (χ4v) is 6.28. The van der Waals surface area contributed by atoms with E-state index < -0.39 is 11.7 Å². The molecule has 1 N–H and O–H groups in total. The quantitative estimate of drug-likeness (QED) is 0.489. The van der Waals surface area contributed by atoms with Crippen molar-refractivity contribution >= 4 is 5.97 Å².